The van der Waals surface area contributed by atoms with Gasteiger partial charge in [0, 0.05) is 35.9 Å². The Morgan fingerprint density at radius 3 is 1.25 bits per heavy atom. The van der Waals surface area contributed by atoms with Crippen molar-refractivity contribution in [1.82, 2.24) is 19.9 Å². The second-order valence-corrected chi connectivity index (χ2v) is 13.3. The summed E-state index contributed by atoms with van der Waals surface area (Å²) in [7, 11) is 0. The molecule has 53 heavy (non-hydrogen) atoms. The van der Waals surface area contributed by atoms with Gasteiger partial charge in [0.1, 0.15) is 0 Å². The third-order valence-corrected chi connectivity index (χ3v) is 10.6. The first kappa shape index (κ1) is 30.3. The normalized spacial score (nSPS) is 12.6. The van der Waals surface area contributed by atoms with E-state index in [4.69, 9.17) is 9.97 Å². The average Bonchev–Trinajstić information content (AvgIpc) is 3.70. The Kier molecular flexibility index (Phi) is 6.73. The SMILES string of the molecule is N#Cc1ccnc(-c2ccc(-c3ccc4c(c3)-c3cc(-c5ccc(-c6cc(C#N)ccn6)nc5)ccc3C43c4ccccc4-c4ccccc43)cn2)c1. The van der Waals surface area contributed by atoms with Crippen LogP contribution in [-0.4, -0.2) is 19.9 Å². The van der Waals surface area contributed by atoms with E-state index in [0.29, 0.717) is 33.9 Å². The number of nitriles is 2. The molecule has 0 amide bonds. The van der Waals surface area contributed by atoms with Crippen molar-refractivity contribution in [2.24, 2.45) is 0 Å². The molecule has 0 bridgehead atoms. The molecule has 6 heteroatoms. The van der Waals surface area contributed by atoms with Crippen LogP contribution in [0.1, 0.15) is 33.4 Å². The van der Waals surface area contributed by atoms with Gasteiger partial charge in [-0.1, -0.05) is 84.9 Å². The number of aromatic nitrogens is 4. The van der Waals surface area contributed by atoms with Gasteiger partial charge in [-0.05, 0) is 104 Å². The third-order valence-electron chi connectivity index (χ3n) is 10.6. The van der Waals surface area contributed by atoms with Gasteiger partial charge in [-0.15, -0.1) is 0 Å². The molecule has 4 heterocycles. The Balaban J connectivity index is 1.13. The summed E-state index contributed by atoms with van der Waals surface area (Å²) < 4.78 is 0. The van der Waals surface area contributed by atoms with Crippen LogP contribution in [0, 0.1) is 22.7 Å². The summed E-state index contributed by atoms with van der Waals surface area (Å²) in [6.07, 6.45) is 7.05. The van der Waals surface area contributed by atoms with E-state index in [0.717, 1.165) is 22.3 Å². The van der Waals surface area contributed by atoms with Crippen LogP contribution in [-0.2, 0) is 5.41 Å². The molecule has 0 fully saturated rings. The maximum Gasteiger partial charge on any atom is 0.0992 e. The van der Waals surface area contributed by atoms with Gasteiger partial charge in [-0.3, -0.25) is 19.9 Å². The van der Waals surface area contributed by atoms with Crippen molar-refractivity contribution in [3.05, 3.63) is 192 Å². The van der Waals surface area contributed by atoms with E-state index < -0.39 is 5.41 Å². The van der Waals surface area contributed by atoms with Crippen molar-refractivity contribution < 1.29 is 0 Å². The zero-order chi connectivity index (χ0) is 35.5. The highest BCUT2D eigenvalue weighted by Gasteiger charge is 2.51. The largest absolute Gasteiger partial charge is 0.255 e. The van der Waals surface area contributed by atoms with Crippen molar-refractivity contribution in [2.45, 2.75) is 5.41 Å². The Hall–Kier alpha value is -7.54. The van der Waals surface area contributed by atoms with Crippen LogP contribution in [0.25, 0.3) is 67.3 Å². The molecule has 0 aliphatic heterocycles. The number of hydrogen-bond donors (Lipinski definition) is 0. The second kappa shape index (κ2) is 11.8. The third kappa shape index (κ3) is 4.57. The lowest BCUT2D eigenvalue weighted by Gasteiger charge is -2.30. The summed E-state index contributed by atoms with van der Waals surface area (Å²) in [4.78, 5) is 18.4. The first-order chi connectivity index (χ1) is 26.1. The zero-order valence-electron chi connectivity index (χ0n) is 28.2. The molecule has 0 saturated carbocycles. The van der Waals surface area contributed by atoms with Crippen LogP contribution in [0.3, 0.4) is 0 Å². The monoisotopic (exact) mass is 674 g/mol. The highest BCUT2D eigenvalue weighted by Crippen LogP contribution is 2.63. The Morgan fingerprint density at radius 1 is 0.377 bits per heavy atom. The molecule has 4 aromatic heterocycles. The first-order valence-electron chi connectivity index (χ1n) is 17.3. The van der Waals surface area contributed by atoms with Crippen LogP contribution < -0.4 is 0 Å². The lowest BCUT2D eigenvalue weighted by atomic mass is 9.70. The molecule has 8 aromatic rings. The lowest BCUT2D eigenvalue weighted by Crippen LogP contribution is -2.25. The van der Waals surface area contributed by atoms with Gasteiger partial charge in [-0.25, -0.2) is 0 Å². The minimum atomic E-state index is -0.464. The zero-order valence-corrected chi connectivity index (χ0v) is 28.2. The van der Waals surface area contributed by atoms with Gasteiger partial charge < -0.3 is 0 Å². The van der Waals surface area contributed by atoms with E-state index in [-0.39, 0.29) is 0 Å². The summed E-state index contributed by atoms with van der Waals surface area (Å²) in [6.45, 7) is 0. The van der Waals surface area contributed by atoms with E-state index >= 15 is 0 Å². The maximum atomic E-state index is 9.37. The minimum Gasteiger partial charge on any atom is -0.255 e. The standard InChI is InChI=1S/C47H26N6/c48-25-29-17-19-50-45(21-29)43-15-11-33(27-52-43)31-9-13-41-37(23-31)38-24-32(34-12-16-44(53-28-34)46-22-30(26-49)18-20-51-46)10-14-42(38)47(41)39-7-3-1-5-35(39)36-6-2-4-8-40(36)47/h1-24,27-28H. The van der Waals surface area contributed by atoms with Crippen LogP contribution in [0.15, 0.2) is 158 Å². The molecular formula is C47H26N6. The number of nitrogens with zero attached hydrogens (tertiary/aromatic N) is 6. The van der Waals surface area contributed by atoms with Gasteiger partial charge in [-0.2, -0.15) is 10.5 Å². The minimum absolute atomic E-state index is 0.464. The fraction of sp³-hybridized carbons (Fsp3) is 0.0213. The lowest BCUT2D eigenvalue weighted by molar-refractivity contribution is 0.794. The van der Waals surface area contributed by atoms with Crippen molar-refractivity contribution in [3.8, 4) is 79.4 Å². The fourth-order valence-electron chi connectivity index (χ4n) is 8.22. The Morgan fingerprint density at radius 2 is 0.811 bits per heavy atom. The van der Waals surface area contributed by atoms with Crippen molar-refractivity contribution >= 4 is 0 Å². The molecule has 0 atom stereocenters. The summed E-state index contributed by atoms with van der Waals surface area (Å²) in [6, 6.07) is 50.6. The molecule has 6 nitrogen and oxygen atoms in total. The van der Waals surface area contributed by atoms with E-state index in [2.05, 4.69) is 119 Å². The fourth-order valence-corrected chi connectivity index (χ4v) is 8.22. The summed E-state index contributed by atoms with van der Waals surface area (Å²) in [5, 5.41) is 18.7. The smallest absolute Gasteiger partial charge is 0.0992 e. The molecule has 2 aliphatic rings. The Labute approximate surface area is 306 Å². The van der Waals surface area contributed by atoms with E-state index in [9.17, 15) is 10.5 Å². The molecule has 10 rings (SSSR count). The number of pyridine rings is 4. The summed E-state index contributed by atoms with van der Waals surface area (Å²) in [5.74, 6) is 0. The van der Waals surface area contributed by atoms with E-state index in [1.165, 1.54) is 44.5 Å². The molecule has 2 aliphatic carbocycles. The summed E-state index contributed by atoms with van der Waals surface area (Å²) >= 11 is 0. The van der Waals surface area contributed by atoms with Gasteiger partial charge in [0.25, 0.3) is 0 Å². The molecule has 0 unspecified atom stereocenters. The molecule has 0 N–H and O–H groups in total. The van der Waals surface area contributed by atoms with Gasteiger partial charge in [0.2, 0.25) is 0 Å². The van der Waals surface area contributed by atoms with Gasteiger partial charge >= 0.3 is 0 Å². The molecule has 1 spiro atoms. The van der Waals surface area contributed by atoms with E-state index in [1.807, 2.05) is 24.5 Å². The number of rotatable bonds is 4. The molecule has 4 aromatic carbocycles. The summed E-state index contributed by atoms with van der Waals surface area (Å²) in [5.41, 5.74) is 17.5. The van der Waals surface area contributed by atoms with E-state index in [1.54, 1.807) is 36.7 Å². The predicted molar refractivity (Wildman–Crippen MR) is 205 cm³/mol. The molecule has 244 valence electrons. The molecular weight excluding hydrogens is 649 g/mol. The predicted octanol–water partition coefficient (Wildman–Crippen LogP) is 10.0. The van der Waals surface area contributed by atoms with Gasteiger partial charge in [0.05, 0.1) is 51.5 Å². The van der Waals surface area contributed by atoms with Crippen molar-refractivity contribution in [3.63, 3.8) is 0 Å². The first-order valence-corrected chi connectivity index (χ1v) is 17.3. The van der Waals surface area contributed by atoms with Crippen LogP contribution in [0.2, 0.25) is 0 Å². The average molecular weight is 675 g/mol. The van der Waals surface area contributed by atoms with Crippen molar-refractivity contribution in [1.29, 1.82) is 10.5 Å². The number of hydrogen-bond acceptors (Lipinski definition) is 6. The maximum absolute atomic E-state index is 9.37. The van der Waals surface area contributed by atoms with Crippen LogP contribution >= 0.6 is 0 Å². The molecule has 0 radical (unpaired) electrons. The number of benzene rings is 4. The van der Waals surface area contributed by atoms with Crippen LogP contribution in [0.5, 0.6) is 0 Å². The Bertz CT molecular complexity index is 2660. The highest BCUT2D eigenvalue weighted by atomic mass is 14.8. The highest BCUT2D eigenvalue weighted by molar-refractivity contribution is 5.97. The topological polar surface area (TPSA) is 99.1 Å². The number of fused-ring (bicyclic) bond motifs is 10. The van der Waals surface area contributed by atoms with Crippen molar-refractivity contribution in [2.75, 3.05) is 0 Å². The molecule has 0 saturated heterocycles. The van der Waals surface area contributed by atoms with Crippen LogP contribution in [0.4, 0.5) is 0 Å². The quantitative estimate of drug-likeness (QED) is 0.184. The second-order valence-electron chi connectivity index (χ2n) is 13.3. The van der Waals surface area contributed by atoms with Gasteiger partial charge in [0.15, 0.2) is 0 Å².